The predicted octanol–water partition coefficient (Wildman–Crippen LogP) is 5.37. The van der Waals surface area contributed by atoms with Crippen LogP contribution in [0.5, 0.6) is 0 Å². The lowest BCUT2D eigenvalue weighted by Gasteiger charge is -2.17. The summed E-state index contributed by atoms with van der Waals surface area (Å²) in [6, 6.07) is 21.3. The van der Waals surface area contributed by atoms with Crippen LogP contribution in [0.25, 0.3) is 15.6 Å². The predicted molar refractivity (Wildman–Crippen MR) is 121 cm³/mol. The van der Waals surface area contributed by atoms with Crippen LogP contribution in [0.1, 0.15) is 17.5 Å². The largest absolute Gasteiger partial charge is 0.374 e. The monoisotopic (exact) mass is 443 g/mol. The number of benzene rings is 3. The van der Waals surface area contributed by atoms with E-state index in [-0.39, 0.29) is 0 Å². The molecular formula is C24H20BrN4+. The summed E-state index contributed by atoms with van der Waals surface area (Å²) in [4.78, 5) is 5.68. The Hall–Kier alpha value is -3.15. The van der Waals surface area contributed by atoms with Gasteiger partial charge in [-0.3, -0.25) is 0 Å². The highest BCUT2D eigenvalue weighted by molar-refractivity contribution is 9.10. The third-order valence-electron chi connectivity index (χ3n) is 5.36. The molecule has 3 aromatic rings. The molecule has 0 amide bonds. The quantitative estimate of drug-likeness (QED) is 0.379. The van der Waals surface area contributed by atoms with E-state index in [4.69, 9.17) is 11.8 Å². The Balaban J connectivity index is 1.82. The maximum absolute atomic E-state index is 8.82. The van der Waals surface area contributed by atoms with Crippen LogP contribution in [0, 0.1) is 17.9 Å². The highest BCUT2D eigenvalue weighted by Gasteiger charge is 2.34. The van der Waals surface area contributed by atoms with Crippen LogP contribution in [0.3, 0.4) is 0 Å². The van der Waals surface area contributed by atoms with Crippen molar-refractivity contribution >= 4 is 43.8 Å². The van der Waals surface area contributed by atoms with Crippen molar-refractivity contribution in [1.29, 1.82) is 5.26 Å². The minimum Gasteiger partial charge on any atom is -0.374 e. The number of hydrogen-bond acceptors (Lipinski definition) is 2. The molecule has 4 rings (SSSR count). The standard InChI is InChI=1S/C24H20BrN4/c1-27-14-16-29-22-12-11-21(25)19-5-3-6-20(23(19)22)24(29)17-7-9-18(10-8-17)28(2)15-4-13-26/h3,5-12H,4,14-16H2,2H3/q+1. The van der Waals surface area contributed by atoms with Crippen LogP contribution in [0.2, 0.25) is 0 Å². The number of nitrogens with zero attached hydrogens (tertiary/aromatic N) is 4. The lowest BCUT2D eigenvalue weighted by Crippen LogP contribution is -2.19. The lowest BCUT2D eigenvalue weighted by atomic mass is 9.98. The molecule has 0 saturated carbocycles. The van der Waals surface area contributed by atoms with Crippen molar-refractivity contribution in [3.63, 3.8) is 0 Å². The van der Waals surface area contributed by atoms with E-state index in [0.717, 1.165) is 27.1 Å². The zero-order valence-corrected chi connectivity index (χ0v) is 17.8. The SMILES string of the molecule is [C-]#[N+]CC[N+]1=C(c2ccc(N(C)CCC#N)cc2)c2cccc3c(Br)ccc1c23. The molecule has 4 nitrogen and oxygen atoms in total. The normalized spacial score (nSPS) is 12.1. The van der Waals surface area contributed by atoms with Crippen molar-refractivity contribution in [3.8, 4) is 6.07 Å². The zero-order valence-electron chi connectivity index (χ0n) is 16.2. The molecule has 29 heavy (non-hydrogen) atoms. The average Bonchev–Trinajstić information content (AvgIpc) is 3.07. The molecule has 0 aliphatic carbocycles. The fraction of sp³-hybridized carbons (Fsp3) is 0.208. The maximum Gasteiger partial charge on any atom is 0.272 e. The molecule has 1 aliphatic heterocycles. The maximum atomic E-state index is 8.82. The van der Waals surface area contributed by atoms with Crippen molar-refractivity contribution in [2.24, 2.45) is 0 Å². The van der Waals surface area contributed by atoms with E-state index in [1.807, 2.05) is 7.05 Å². The van der Waals surface area contributed by atoms with Gasteiger partial charge in [-0.05, 0) is 36.4 Å². The number of halogens is 1. The first-order chi connectivity index (χ1) is 14.2. The summed E-state index contributed by atoms with van der Waals surface area (Å²) in [6.07, 6.45) is 0.506. The molecule has 0 saturated heterocycles. The Labute approximate surface area is 179 Å². The molecule has 5 heteroatoms. The van der Waals surface area contributed by atoms with Gasteiger partial charge in [0.25, 0.3) is 6.54 Å². The molecule has 0 radical (unpaired) electrons. The average molecular weight is 444 g/mol. The molecule has 0 unspecified atom stereocenters. The Morgan fingerprint density at radius 2 is 1.93 bits per heavy atom. The van der Waals surface area contributed by atoms with E-state index in [2.05, 4.69) is 90.9 Å². The van der Waals surface area contributed by atoms with E-state index in [1.165, 1.54) is 16.3 Å². The minimum absolute atomic E-state index is 0.448. The van der Waals surface area contributed by atoms with Gasteiger partial charge in [-0.25, -0.2) is 6.57 Å². The number of nitriles is 1. The topological polar surface area (TPSA) is 34.4 Å². The van der Waals surface area contributed by atoms with Crippen LogP contribution in [-0.4, -0.2) is 37.0 Å². The smallest absolute Gasteiger partial charge is 0.272 e. The highest BCUT2D eigenvalue weighted by atomic mass is 79.9. The first-order valence-corrected chi connectivity index (χ1v) is 10.3. The summed E-state index contributed by atoms with van der Waals surface area (Å²) in [5.41, 5.74) is 5.74. The van der Waals surface area contributed by atoms with Gasteiger partial charge >= 0.3 is 0 Å². The van der Waals surface area contributed by atoms with Crippen LogP contribution in [-0.2, 0) is 0 Å². The van der Waals surface area contributed by atoms with Crippen molar-refractivity contribution < 1.29 is 4.58 Å². The molecule has 3 aromatic carbocycles. The van der Waals surface area contributed by atoms with Gasteiger partial charge in [-0.15, -0.1) is 0 Å². The van der Waals surface area contributed by atoms with E-state index in [1.54, 1.807) is 0 Å². The molecule has 0 aromatic heterocycles. The zero-order chi connectivity index (χ0) is 20.4. The number of hydrogen-bond donors (Lipinski definition) is 0. The van der Waals surface area contributed by atoms with Crippen LogP contribution < -0.4 is 4.90 Å². The molecule has 142 valence electrons. The van der Waals surface area contributed by atoms with E-state index in [9.17, 15) is 0 Å². The van der Waals surface area contributed by atoms with E-state index < -0.39 is 0 Å². The van der Waals surface area contributed by atoms with Gasteiger partial charge in [0.1, 0.15) is 0 Å². The summed E-state index contributed by atoms with van der Waals surface area (Å²) >= 11 is 3.68. The fourth-order valence-electron chi connectivity index (χ4n) is 3.95. The minimum atomic E-state index is 0.448. The van der Waals surface area contributed by atoms with Gasteiger partial charge in [-0.1, -0.05) is 28.1 Å². The molecule has 1 aliphatic rings. The van der Waals surface area contributed by atoms with Gasteiger partial charge in [-0.2, -0.15) is 9.84 Å². The molecule has 0 spiro atoms. The lowest BCUT2D eigenvalue weighted by molar-refractivity contribution is -0.431. The second kappa shape index (κ2) is 8.07. The van der Waals surface area contributed by atoms with E-state index in [0.29, 0.717) is 26.1 Å². The summed E-state index contributed by atoms with van der Waals surface area (Å²) < 4.78 is 3.36. The summed E-state index contributed by atoms with van der Waals surface area (Å²) in [5, 5.41) is 11.2. The molecular weight excluding hydrogens is 424 g/mol. The molecule has 1 heterocycles. The fourth-order valence-corrected chi connectivity index (χ4v) is 4.42. The van der Waals surface area contributed by atoms with Gasteiger partial charge in [0.2, 0.25) is 17.9 Å². The Morgan fingerprint density at radius 3 is 2.66 bits per heavy atom. The van der Waals surface area contributed by atoms with Gasteiger partial charge in [0.05, 0.1) is 23.4 Å². The Morgan fingerprint density at radius 1 is 1.14 bits per heavy atom. The van der Waals surface area contributed by atoms with Gasteiger partial charge < -0.3 is 9.74 Å². The number of anilines is 1. The molecule has 0 bridgehead atoms. The van der Waals surface area contributed by atoms with Crippen LogP contribution in [0.15, 0.2) is 59.1 Å². The van der Waals surface area contributed by atoms with Gasteiger partial charge in [0, 0.05) is 40.8 Å². The van der Waals surface area contributed by atoms with Gasteiger partial charge in [0.15, 0.2) is 0 Å². The van der Waals surface area contributed by atoms with Crippen LogP contribution >= 0.6 is 15.9 Å². The van der Waals surface area contributed by atoms with Crippen molar-refractivity contribution in [1.82, 2.24) is 0 Å². The highest BCUT2D eigenvalue weighted by Crippen LogP contribution is 2.40. The summed E-state index contributed by atoms with van der Waals surface area (Å²) in [7, 11) is 2.01. The summed E-state index contributed by atoms with van der Waals surface area (Å²) in [5.74, 6) is 0. The Kier molecular flexibility index (Phi) is 5.34. The first kappa shape index (κ1) is 19.2. The second-order valence-corrected chi connectivity index (χ2v) is 7.91. The third kappa shape index (κ3) is 3.39. The molecule has 0 fully saturated rings. The summed E-state index contributed by atoms with van der Waals surface area (Å²) in [6.45, 7) is 9.08. The first-order valence-electron chi connectivity index (χ1n) is 9.53. The Bertz CT molecular complexity index is 1200. The van der Waals surface area contributed by atoms with Crippen molar-refractivity contribution in [2.45, 2.75) is 6.42 Å². The number of rotatable bonds is 6. The second-order valence-electron chi connectivity index (χ2n) is 7.05. The molecule has 0 N–H and O–H groups in total. The van der Waals surface area contributed by atoms with E-state index >= 15 is 0 Å². The third-order valence-corrected chi connectivity index (χ3v) is 6.05. The van der Waals surface area contributed by atoms with Crippen molar-refractivity contribution in [2.75, 3.05) is 31.6 Å². The molecule has 0 atom stereocenters. The van der Waals surface area contributed by atoms with Crippen LogP contribution in [0.4, 0.5) is 11.4 Å². The van der Waals surface area contributed by atoms with Crippen molar-refractivity contribution in [3.05, 3.63) is 81.6 Å².